The third-order valence-electron chi connectivity index (χ3n) is 3.98. The first-order chi connectivity index (χ1) is 9.25. The molecule has 0 bridgehead atoms. The maximum absolute atomic E-state index is 12.7. The Labute approximate surface area is 109 Å². The van der Waals surface area contributed by atoms with Gasteiger partial charge in [0.15, 0.2) is 0 Å². The first kappa shape index (κ1) is 10.6. The van der Waals surface area contributed by atoms with E-state index in [1.165, 1.54) is 0 Å². The zero-order valence-corrected chi connectivity index (χ0v) is 10.3. The molecule has 2 aliphatic rings. The van der Waals surface area contributed by atoms with Gasteiger partial charge in [-0.15, -0.1) is 0 Å². The molecule has 4 rings (SSSR count). The second-order valence-electron chi connectivity index (χ2n) is 5.07. The molecule has 0 saturated carbocycles. The van der Waals surface area contributed by atoms with Gasteiger partial charge in [-0.3, -0.25) is 9.59 Å². The SMILES string of the molecule is O=C1Nc2[nH]c3ccccc3c2C(=O)N2CCCC12. The summed E-state index contributed by atoms with van der Waals surface area (Å²) in [6.45, 7) is 0.663. The number of nitrogens with zero attached hydrogens (tertiary/aromatic N) is 1. The maximum atomic E-state index is 12.7. The van der Waals surface area contributed by atoms with Crippen molar-refractivity contribution in [2.24, 2.45) is 0 Å². The largest absolute Gasteiger partial charge is 0.341 e. The molecule has 1 aromatic heterocycles. The van der Waals surface area contributed by atoms with Crippen LogP contribution in [-0.2, 0) is 4.79 Å². The Morgan fingerprint density at radius 3 is 2.95 bits per heavy atom. The third kappa shape index (κ3) is 1.35. The quantitative estimate of drug-likeness (QED) is 0.752. The molecule has 0 aliphatic carbocycles. The number of carbonyl (C=O) groups excluding carboxylic acids is 2. The van der Waals surface area contributed by atoms with Crippen molar-refractivity contribution in [3.8, 4) is 0 Å². The minimum absolute atomic E-state index is 0.0479. The molecule has 2 amide bonds. The number of amides is 2. The van der Waals surface area contributed by atoms with Crippen LogP contribution in [0.25, 0.3) is 10.9 Å². The van der Waals surface area contributed by atoms with Gasteiger partial charge in [0.1, 0.15) is 11.9 Å². The Morgan fingerprint density at radius 2 is 2.05 bits per heavy atom. The van der Waals surface area contributed by atoms with Gasteiger partial charge in [0.25, 0.3) is 5.91 Å². The summed E-state index contributed by atoms with van der Waals surface area (Å²) in [5.41, 5.74) is 1.46. The van der Waals surface area contributed by atoms with E-state index in [-0.39, 0.29) is 17.9 Å². The van der Waals surface area contributed by atoms with Crippen LogP contribution < -0.4 is 5.32 Å². The van der Waals surface area contributed by atoms with Gasteiger partial charge in [-0.1, -0.05) is 18.2 Å². The average molecular weight is 255 g/mol. The summed E-state index contributed by atoms with van der Waals surface area (Å²) < 4.78 is 0. The first-order valence-electron chi connectivity index (χ1n) is 6.48. The molecule has 96 valence electrons. The highest BCUT2D eigenvalue weighted by Crippen LogP contribution is 2.33. The van der Waals surface area contributed by atoms with Gasteiger partial charge in [0.2, 0.25) is 5.91 Å². The highest BCUT2D eigenvalue weighted by Gasteiger charge is 2.39. The summed E-state index contributed by atoms with van der Waals surface area (Å²) in [6.07, 6.45) is 1.64. The molecular weight excluding hydrogens is 242 g/mol. The average Bonchev–Trinajstić information content (AvgIpc) is 3.00. The summed E-state index contributed by atoms with van der Waals surface area (Å²) in [7, 11) is 0. The second-order valence-corrected chi connectivity index (χ2v) is 5.07. The topological polar surface area (TPSA) is 65.2 Å². The number of anilines is 1. The molecule has 0 spiro atoms. The van der Waals surface area contributed by atoms with Gasteiger partial charge < -0.3 is 15.2 Å². The molecule has 1 fully saturated rings. The van der Waals surface area contributed by atoms with E-state index in [1.54, 1.807) is 4.90 Å². The lowest BCUT2D eigenvalue weighted by Gasteiger charge is -2.20. The van der Waals surface area contributed by atoms with E-state index in [2.05, 4.69) is 10.3 Å². The Bertz CT molecular complexity index is 704. The van der Waals surface area contributed by atoms with Crippen molar-refractivity contribution in [2.75, 3.05) is 11.9 Å². The summed E-state index contributed by atoms with van der Waals surface area (Å²) in [5.74, 6) is 0.398. The minimum atomic E-state index is -0.313. The number of hydrogen-bond acceptors (Lipinski definition) is 2. The van der Waals surface area contributed by atoms with Crippen molar-refractivity contribution in [2.45, 2.75) is 18.9 Å². The number of fused-ring (bicyclic) bond motifs is 4. The Kier molecular flexibility index (Phi) is 2.01. The molecule has 19 heavy (non-hydrogen) atoms. The summed E-state index contributed by atoms with van der Waals surface area (Å²) in [5, 5.41) is 3.73. The minimum Gasteiger partial charge on any atom is -0.341 e. The van der Waals surface area contributed by atoms with Crippen LogP contribution in [-0.4, -0.2) is 34.3 Å². The summed E-state index contributed by atoms with van der Waals surface area (Å²) in [6, 6.07) is 7.31. The lowest BCUT2D eigenvalue weighted by Crippen LogP contribution is -2.40. The fourth-order valence-corrected chi connectivity index (χ4v) is 3.09. The third-order valence-corrected chi connectivity index (χ3v) is 3.98. The van der Waals surface area contributed by atoms with Crippen LogP contribution in [0, 0.1) is 0 Å². The van der Waals surface area contributed by atoms with Crippen molar-refractivity contribution in [1.29, 1.82) is 0 Å². The zero-order valence-electron chi connectivity index (χ0n) is 10.3. The van der Waals surface area contributed by atoms with Gasteiger partial charge >= 0.3 is 0 Å². The number of aromatic nitrogens is 1. The molecule has 2 aliphatic heterocycles. The van der Waals surface area contributed by atoms with Crippen LogP contribution in [0.3, 0.4) is 0 Å². The molecule has 5 nitrogen and oxygen atoms in total. The zero-order chi connectivity index (χ0) is 13.0. The lowest BCUT2D eigenvalue weighted by molar-refractivity contribution is -0.119. The number of nitrogens with one attached hydrogen (secondary N) is 2. The van der Waals surface area contributed by atoms with Crippen LogP contribution in [0.1, 0.15) is 23.2 Å². The predicted octanol–water partition coefficient (Wildman–Crippen LogP) is 1.72. The van der Waals surface area contributed by atoms with Crippen LogP contribution in [0.2, 0.25) is 0 Å². The van der Waals surface area contributed by atoms with Crippen molar-refractivity contribution in [3.05, 3.63) is 29.8 Å². The number of carbonyl (C=O) groups is 2. The highest BCUT2D eigenvalue weighted by molar-refractivity contribution is 6.17. The molecule has 2 N–H and O–H groups in total. The van der Waals surface area contributed by atoms with E-state index in [0.29, 0.717) is 17.9 Å². The van der Waals surface area contributed by atoms with Crippen molar-refractivity contribution >= 4 is 28.5 Å². The molecular formula is C14H13N3O2. The Hall–Kier alpha value is -2.30. The van der Waals surface area contributed by atoms with Gasteiger partial charge in [-0.25, -0.2) is 0 Å². The number of H-pyrrole nitrogens is 1. The Balaban J connectivity index is 1.97. The van der Waals surface area contributed by atoms with Gasteiger partial charge in [0.05, 0.1) is 5.56 Å². The predicted molar refractivity (Wildman–Crippen MR) is 71.0 cm³/mol. The molecule has 1 unspecified atom stereocenters. The van der Waals surface area contributed by atoms with E-state index in [0.717, 1.165) is 23.7 Å². The molecule has 3 heterocycles. The number of hydrogen-bond donors (Lipinski definition) is 2. The monoisotopic (exact) mass is 255 g/mol. The van der Waals surface area contributed by atoms with Crippen LogP contribution >= 0.6 is 0 Å². The maximum Gasteiger partial charge on any atom is 0.258 e. The summed E-state index contributed by atoms with van der Waals surface area (Å²) in [4.78, 5) is 29.6. The lowest BCUT2D eigenvalue weighted by atomic mass is 10.1. The van der Waals surface area contributed by atoms with E-state index in [4.69, 9.17) is 0 Å². The molecule has 0 radical (unpaired) electrons. The molecule has 2 aromatic rings. The smallest absolute Gasteiger partial charge is 0.258 e. The second kappa shape index (κ2) is 3.60. The fourth-order valence-electron chi connectivity index (χ4n) is 3.09. The van der Waals surface area contributed by atoms with E-state index in [1.807, 2.05) is 24.3 Å². The van der Waals surface area contributed by atoms with Gasteiger partial charge in [0, 0.05) is 17.4 Å². The van der Waals surface area contributed by atoms with Crippen LogP contribution in [0.4, 0.5) is 5.82 Å². The van der Waals surface area contributed by atoms with E-state index >= 15 is 0 Å². The number of aromatic amines is 1. The van der Waals surface area contributed by atoms with E-state index < -0.39 is 0 Å². The van der Waals surface area contributed by atoms with Crippen molar-refractivity contribution in [3.63, 3.8) is 0 Å². The summed E-state index contributed by atoms with van der Waals surface area (Å²) >= 11 is 0. The molecule has 1 saturated heterocycles. The van der Waals surface area contributed by atoms with Crippen molar-refractivity contribution in [1.82, 2.24) is 9.88 Å². The standard InChI is InChI=1S/C14H13N3O2/c18-13-10-6-3-7-17(10)14(19)11-8-4-1-2-5-9(8)15-12(11)16-13/h1-2,4-5,10,15H,3,6-7H2,(H,16,18). The Morgan fingerprint density at radius 1 is 1.21 bits per heavy atom. The number of rotatable bonds is 0. The van der Waals surface area contributed by atoms with Crippen molar-refractivity contribution < 1.29 is 9.59 Å². The fraction of sp³-hybridized carbons (Fsp3) is 0.286. The molecule has 1 aromatic carbocycles. The number of benzene rings is 1. The van der Waals surface area contributed by atoms with Gasteiger partial charge in [-0.05, 0) is 18.9 Å². The normalized spacial score (nSPS) is 22.1. The first-order valence-corrected chi connectivity index (χ1v) is 6.48. The van der Waals surface area contributed by atoms with Gasteiger partial charge in [-0.2, -0.15) is 0 Å². The van der Waals surface area contributed by atoms with Crippen LogP contribution in [0.15, 0.2) is 24.3 Å². The van der Waals surface area contributed by atoms with Crippen LogP contribution in [0.5, 0.6) is 0 Å². The molecule has 1 atom stereocenters. The highest BCUT2D eigenvalue weighted by atomic mass is 16.2. The van der Waals surface area contributed by atoms with E-state index in [9.17, 15) is 9.59 Å². The molecule has 5 heteroatoms. The number of para-hydroxylation sites is 1.